The Hall–Kier alpha value is -2.54. The van der Waals surface area contributed by atoms with Crippen LogP contribution in [0.2, 0.25) is 0 Å². The van der Waals surface area contributed by atoms with Gasteiger partial charge in [0.1, 0.15) is 0 Å². The van der Waals surface area contributed by atoms with Gasteiger partial charge in [-0.05, 0) is 29.3 Å². The normalized spacial score (nSPS) is 12.5. The van der Waals surface area contributed by atoms with Crippen molar-refractivity contribution in [2.24, 2.45) is 0 Å². The molecule has 1 atom stereocenters. The van der Waals surface area contributed by atoms with Crippen LogP contribution in [0.3, 0.4) is 0 Å². The zero-order chi connectivity index (χ0) is 13.9. The summed E-state index contributed by atoms with van der Waals surface area (Å²) >= 11 is 0. The van der Waals surface area contributed by atoms with E-state index in [1.807, 2.05) is 31.3 Å². The lowest BCUT2D eigenvalue weighted by atomic mass is 10.0. The van der Waals surface area contributed by atoms with Gasteiger partial charge in [-0.2, -0.15) is 10.3 Å². The summed E-state index contributed by atoms with van der Waals surface area (Å²) in [5.74, 6) is 0.415. The van der Waals surface area contributed by atoms with Gasteiger partial charge in [0.05, 0.1) is 12.3 Å². The average Bonchev–Trinajstić information content (AvgIpc) is 3.17. The maximum atomic E-state index is 5.34. The van der Waals surface area contributed by atoms with Crippen LogP contribution in [0.5, 0.6) is 0 Å². The lowest BCUT2D eigenvalue weighted by molar-refractivity contribution is 0.119. The third-order valence-corrected chi connectivity index (χ3v) is 3.16. The van der Waals surface area contributed by atoms with Gasteiger partial charge in [-0.3, -0.25) is 0 Å². The van der Waals surface area contributed by atoms with Crippen LogP contribution < -0.4 is 0 Å². The molecule has 20 heavy (non-hydrogen) atoms. The van der Waals surface area contributed by atoms with E-state index in [0.29, 0.717) is 5.95 Å². The van der Waals surface area contributed by atoms with Crippen molar-refractivity contribution < 1.29 is 4.74 Å². The topological polar surface area (TPSA) is 81.5 Å². The van der Waals surface area contributed by atoms with E-state index in [4.69, 9.17) is 4.74 Å². The lowest BCUT2D eigenvalue weighted by Gasteiger charge is -2.10. The Morgan fingerprint density at radius 1 is 1.30 bits per heavy atom. The molecule has 0 bridgehead atoms. The summed E-state index contributed by atoms with van der Waals surface area (Å²) in [4.78, 5) is 0. The fraction of sp³-hybridized carbons (Fsp3) is 0.231. The molecule has 2 aromatic heterocycles. The Labute approximate surface area is 115 Å². The van der Waals surface area contributed by atoms with Crippen molar-refractivity contribution >= 4 is 0 Å². The molecule has 0 saturated carbocycles. The standard InChI is InChI=1S/C13H14N6O/c1-9(20-2)10-4-3-5-11(6-10)12-7-14-19(8-12)13-15-17-18-16-13/h3-9H,1-2H3,(H,15,16,17,18)/t9-/m1/s1. The molecule has 7 nitrogen and oxygen atoms in total. The summed E-state index contributed by atoms with van der Waals surface area (Å²) < 4.78 is 6.91. The van der Waals surface area contributed by atoms with Crippen molar-refractivity contribution in [3.63, 3.8) is 0 Å². The first kappa shape index (κ1) is 12.5. The number of aromatic nitrogens is 6. The molecule has 0 fully saturated rings. The summed E-state index contributed by atoms with van der Waals surface area (Å²) in [5, 5.41) is 17.9. The number of aromatic amines is 1. The first-order valence-corrected chi connectivity index (χ1v) is 6.19. The first-order valence-electron chi connectivity index (χ1n) is 6.19. The molecule has 0 saturated heterocycles. The number of hydrogen-bond donors (Lipinski definition) is 1. The highest BCUT2D eigenvalue weighted by Crippen LogP contribution is 2.24. The Morgan fingerprint density at radius 3 is 2.95 bits per heavy atom. The number of benzene rings is 1. The third-order valence-electron chi connectivity index (χ3n) is 3.16. The second-order valence-electron chi connectivity index (χ2n) is 4.39. The van der Waals surface area contributed by atoms with Gasteiger partial charge in [-0.1, -0.05) is 23.3 Å². The van der Waals surface area contributed by atoms with Gasteiger partial charge in [0.25, 0.3) is 5.95 Å². The Balaban J connectivity index is 1.93. The van der Waals surface area contributed by atoms with Crippen molar-refractivity contribution in [3.05, 3.63) is 42.2 Å². The van der Waals surface area contributed by atoms with Crippen LogP contribution in [-0.2, 0) is 4.74 Å². The number of ether oxygens (including phenoxy) is 1. The van der Waals surface area contributed by atoms with Crippen LogP contribution in [0, 0.1) is 0 Å². The fourth-order valence-corrected chi connectivity index (χ4v) is 1.94. The number of H-pyrrole nitrogens is 1. The minimum Gasteiger partial charge on any atom is -0.377 e. The molecule has 1 N–H and O–H groups in total. The second-order valence-corrected chi connectivity index (χ2v) is 4.39. The largest absolute Gasteiger partial charge is 0.377 e. The van der Waals surface area contributed by atoms with E-state index < -0.39 is 0 Å². The number of nitrogens with one attached hydrogen (secondary N) is 1. The third kappa shape index (κ3) is 2.30. The molecule has 1 aromatic carbocycles. The van der Waals surface area contributed by atoms with Crippen LogP contribution in [0.1, 0.15) is 18.6 Å². The van der Waals surface area contributed by atoms with Crippen molar-refractivity contribution in [2.75, 3.05) is 7.11 Å². The van der Waals surface area contributed by atoms with E-state index in [1.54, 1.807) is 18.0 Å². The van der Waals surface area contributed by atoms with Crippen LogP contribution in [0.4, 0.5) is 0 Å². The molecule has 7 heteroatoms. The number of rotatable bonds is 4. The molecule has 0 radical (unpaired) electrons. The van der Waals surface area contributed by atoms with Crippen LogP contribution >= 0.6 is 0 Å². The van der Waals surface area contributed by atoms with E-state index in [9.17, 15) is 0 Å². The van der Waals surface area contributed by atoms with E-state index in [1.165, 1.54) is 0 Å². The molecule has 0 aliphatic rings. The summed E-state index contributed by atoms with van der Waals surface area (Å²) in [6.07, 6.45) is 3.69. The maximum Gasteiger partial charge on any atom is 0.290 e. The summed E-state index contributed by atoms with van der Waals surface area (Å²) in [6.45, 7) is 2.02. The number of nitrogens with zero attached hydrogens (tertiary/aromatic N) is 5. The highest BCUT2D eigenvalue weighted by atomic mass is 16.5. The summed E-state index contributed by atoms with van der Waals surface area (Å²) in [5.41, 5.74) is 3.18. The fourth-order valence-electron chi connectivity index (χ4n) is 1.94. The zero-order valence-electron chi connectivity index (χ0n) is 11.2. The molecule has 0 amide bonds. The Kier molecular flexibility index (Phi) is 3.26. The molecule has 0 aliphatic carbocycles. The molecule has 2 heterocycles. The second kappa shape index (κ2) is 5.22. The zero-order valence-corrected chi connectivity index (χ0v) is 11.2. The molecule has 102 valence electrons. The number of tetrazole rings is 1. The van der Waals surface area contributed by atoms with Crippen LogP contribution in [0.15, 0.2) is 36.7 Å². The van der Waals surface area contributed by atoms with Gasteiger partial charge in [-0.25, -0.2) is 4.68 Å². The maximum absolute atomic E-state index is 5.34. The highest BCUT2D eigenvalue weighted by molar-refractivity contribution is 5.63. The van der Waals surface area contributed by atoms with Gasteiger partial charge < -0.3 is 4.74 Å². The average molecular weight is 270 g/mol. The van der Waals surface area contributed by atoms with E-state index in [0.717, 1.165) is 16.7 Å². The Bertz CT molecular complexity index is 690. The first-order chi connectivity index (χ1) is 9.78. The smallest absolute Gasteiger partial charge is 0.290 e. The molecule has 0 unspecified atom stereocenters. The van der Waals surface area contributed by atoms with E-state index >= 15 is 0 Å². The van der Waals surface area contributed by atoms with Crippen molar-refractivity contribution in [2.45, 2.75) is 13.0 Å². The van der Waals surface area contributed by atoms with Gasteiger partial charge in [0.2, 0.25) is 0 Å². The van der Waals surface area contributed by atoms with Crippen molar-refractivity contribution in [3.8, 4) is 17.1 Å². The molecule has 0 aliphatic heterocycles. The minimum atomic E-state index is 0.0576. The molecule has 3 aromatic rings. The minimum absolute atomic E-state index is 0.0576. The van der Waals surface area contributed by atoms with Crippen molar-refractivity contribution in [1.82, 2.24) is 30.4 Å². The predicted octanol–water partition coefficient (Wildman–Crippen LogP) is 1.76. The van der Waals surface area contributed by atoms with Crippen molar-refractivity contribution in [1.29, 1.82) is 0 Å². The monoisotopic (exact) mass is 270 g/mol. The highest BCUT2D eigenvalue weighted by Gasteiger charge is 2.09. The van der Waals surface area contributed by atoms with Gasteiger partial charge in [-0.15, -0.1) is 5.10 Å². The lowest BCUT2D eigenvalue weighted by Crippen LogP contribution is -1.96. The van der Waals surface area contributed by atoms with Gasteiger partial charge in [0.15, 0.2) is 0 Å². The van der Waals surface area contributed by atoms with Gasteiger partial charge >= 0.3 is 0 Å². The van der Waals surface area contributed by atoms with E-state index in [-0.39, 0.29) is 6.10 Å². The predicted molar refractivity (Wildman–Crippen MR) is 72.2 cm³/mol. The van der Waals surface area contributed by atoms with Crippen LogP contribution in [0.25, 0.3) is 17.1 Å². The molecular formula is C13H14N6O. The molecule has 0 spiro atoms. The Morgan fingerprint density at radius 2 is 2.20 bits per heavy atom. The van der Waals surface area contributed by atoms with E-state index in [2.05, 4.69) is 31.8 Å². The SMILES string of the molecule is CO[C@H](C)c1cccc(-c2cnn(-c3nn[nH]n3)c2)c1. The van der Waals surface area contributed by atoms with Gasteiger partial charge in [0, 0.05) is 18.9 Å². The molecule has 3 rings (SSSR count). The van der Waals surface area contributed by atoms with Crippen LogP contribution in [-0.4, -0.2) is 37.5 Å². The number of methoxy groups -OCH3 is 1. The molecular weight excluding hydrogens is 256 g/mol. The quantitative estimate of drug-likeness (QED) is 0.781. The summed E-state index contributed by atoms with van der Waals surface area (Å²) in [6, 6.07) is 8.17. The summed E-state index contributed by atoms with van der Waals surface area (Å²) in [7, 11) is 1.70. The number of hydrogen-bond acceptors (Lipinski definition) is 5.